The third-order valence-electron chi connectivity index (χ3n) is 8.36. The van der Waals surface area contributed by atoms with Gasteiger partial charge in [0.25, 0.3) is 0 Å². The fourth-order valence-electron chi connectivity index (χ4n) is 7.68. The first-order valence-corrected chi connectivity index (χ1v) is 9.05. The minimum Gasteiger partial charge on any atom is -0.0996 e. The van der Waals surface area contributed by atoms with Gasteiger partial charge in [-0.3, -0.25) is 0 Å². The molecule has 1 spiro atoms. The molecule has 0 aromatic rings. The average Bonchev–Trinajstić information content (AvgIpc) is 2.58. The van der Waals surface area contributed by atoms with Gasteiger partial charge in [0.15, 0.2) is 0 Å². The van der Waals surface area contributed by atoms with Crippen LogP contribution in [0.15, 0.2) is 12.2 Å². The van der Waals surface area contributed by atoms with Gasteiger partial charge in [0.2, 0.25) is 0 Å². The Kier molecular flexibility index (Phi) is 2.63. The summed E-state index contributed by atoms with van der Waals surface area (Å²) in [6, 6.07) is 0. The maximum atomic E-state index is 4.44. The van der Waals surface area contributed by atoms with Gasteiger partial charge in [-0.15, -0.1) is 0 Å². The normalized spacial score (nSPS) is 53.4. The first-order chi connectivity index (χ1) is 9.37. The van der Waals surface area contributed by atoms with E-state index in [1.807, 2.05) is 0 Å². The second-order valence-corrected chi connectivity index (χ2v) is 9.67. The SMILES string of the molecule is C=C1C[C@@]23CCC4C(C)(C)CCC[C@]4(C)[C@H]2CC[C@@H]1C3. The minimum atomic E-state index is 0.584. The van der Waals surface area contributed by atoms with E-state index in [0.717, 1.165) is 17.8 Å². The monoisotopic (exact) mass is 272 g/mol. The molecule has 0 aromatic carbocycles. The summed E-state index contributed by atoms with van der Waals surface area (Å²) in [4.78, 5) is 0. The van der Waals surface area contributed by atoms with Crippen LogP contribution in [0.25, 0.3) is 0 Å². The maximum absolute atomic E-state index is 4.44. The Labute approximate surface area is 125 Å². The molecule has 0 N–H and O–H groups in total. The van der Waals surface area contributed by atoms with E-state index in [0.29, 0.717) is 16.2 Å². The summed E-state index contributed by atoms with van der Waals surface area (Å²) in [6.45, 7) is 12.2. The van der Waals surface area contributed by atoms with Crippen LogP contribution in [0.5, 0.6) is 0 Å². The Morgan fingerprint density at radius 1 is 0.950 bits per heavy atom. The van der Waals surface area contributed by atoms with Crippen LogP contribution in [0, 0.1) is 34.0 Å². The fraction of sp³-hybridized carbons (Fsp3) is 0.900. The van der Waals surface area contributed by atoms with Crippen molar-refractivity contribution < 1.29 is 0 Å². The molecule has 0 aliphatic heterocycles. The molecular formula is C20H32. The Morgan fingerprint density at radius 3 is 2.55 bits per heavy atom. The van der Waals surface area contributed by atoms with Crippen molar-refractivity contribution in [3.8, 4) is 0 Å². The zero-order valence-electron chi connectivity index (χ0n) is 13.8. The van der Waals surface area contributed by atoms with Crippen LogP contribution in [0.1, 0.15) is 78.6 Å². The van der Waals surface area contributed by atoms with Crippen LogP contribution in [-0.4, -0.2) is 0 Å². The van der Waals surface area contributed by atoms with Crippen molar-refractivity contribution >= 4 is 0 Å². The van der Waals surface area contributed by atoms with Gasteiger partial charge in [-0.2, -0.15) is 0 Å². The Balaban J connectivity index is 1.74. The number of allylic oxidation sites excluding steroid dienone is 1. The van der Waals surface area contributed by atoms with Gasteiger partial charge in [-0.1, -0.05) is 39.3 Å². The maximum Gasteiger partial charge on any atom is -0.0200 e. The molecule has 4 rings (SSSR count). The molecule has 0 saturated heterocycles. The summed E-state index contributed by atoms with van der Waals surface area (Å²) < 4.78 is 0. The van der Waals surface area contributed by atoms with Crippen molar-refractivity contribution in [1.29, 1.82) is 0 Å². The molecule has 4 fully saturated rings. The van der Waals surface area contributed by atoms with Crippen LogP contribution in [0.2, 0.25) is 0 Å². The van der Waals surface area contributed by atoms with E-state index >= 15 is 0 Å². The van der Waals surface area contributed by atoms with Crippen molar-refractivity contribution in [3.05, 3.63) is 12.2 Å². The molecule has 4 saturated carbocycles. The molecule has 4 aliphatic carbocycles. The van der Waals surface area contributed by atoms with Crippen LogP contribution in [0.4, 0.5) is 0 Å². The van der Waals surface area contributed by atoms with E-state index < -0.39 is 0 Å². The van der Waals surface area contributed by atoms with Gasteiger partial charge in [0, 0.05) is 0 Å². The second-order valence-electron chi connectivity index (χ2n) is 9.67. The molecule has 4 aliphatic rings. The first-order valence-electron chi connectivity index (χ1n) is 9.05. The molecule has 5 atom stereocenters. The molecule has 0 heteroatoms. The Bertz CT molecular complexity index is 445. The summed E-state index contributed by atoms with van der Waals surface area (Å²) in [5, 5.41) is 0. The lowest BCUT2D eigenvalue weighted by atomic mass is 9.41. The molecule has 112 valence electrons. The highest BCUT2D eigenvalue weighted by molar-refractivity contribution is 5.22. The fourth-order valence-corrected chi connectivity index (χ4v) is 7.68. The highest BCUT2D eigenvalue weighted by atomic mass is 14.7. The molecule has 1 unspecified atom stereocenters. The Morgan fingerprint density at radius 2 is 1.75 bits per heavy atom. The smallest absolute Gasteiger partial charge is 0.0200 e. The van der Waals surface area contributed by atoms with Gasteiger partial charge in [0.05, 0.1) is 0 Å². The molecule has 2 bridgehead atoms. The van der Waals surface area contributed by atoms with Crippen molar-refractivity contribution in [2.45, 2.75) is 78.6 Å². The number of hydrogen-bond donors (Lipinski definition) is 0. The largest absolute Gasteiger partial charge is 0.0996 e. The predicted molar refractivity (Wildman–Crippen MR) is 85.5 cm³/mol. The van der Waals surface area contributed by atoms with Gasteiger partial charge < -0.3 is 0 Å². The molecule has 0 radical (unpaired) electrons. The van der Waals surface area contributed by atoms with E-state index in [4.69, 9.17) is 0 Å². The summed E-state index contributed by atoms with van der Waals surface area (Å²) in [5.41, 5.74) is 3.51. The summed E-state index contributed by atoms with van der Waals surface area (Å²) in [7, 11) is 0. The zero-order valence-corrected chi connectivity index (χ0v) is 13.8. The molecule has 20 heavy (non-hydrogen) atoms. The van der Waals surface area contributed by atoms with E-state index in [9.17, 15) is 0 Å². The lowest BCUT2D eigenvalue weighted by Gasteiger charge is -2.64. The molecule has 0 aromatic heterocycles. The van der Waals surface area contributed by atoms with Crippen molar-refractivity contribution in [1.82, 2.24) is 0 Å². The molecule has 0 nitrogen and oxygen atoms in total. The molecule has 0 heterocycles. The van der Waals surface area contributed by atoms with Gasteiger partial charge >= 0.3 is 0 Å². The minimum absolute atomic E-state index is 0.584. The standard InChI is InChI=1S/C20H32/c1-14-12-20-11-8-16-18(2,3)9-5-10-19(16,4)17(20)7-6-15(14)13-20/h15-17H,1,5-13H2,2-4H3/t15-,16?,17-,19+,20-/m1/s1. The third kappa shape index (κ3) is 1.54. The number of hydrogen-bond acceptors (Lipinski definition) is 0. The topological polar surface area (TPSA) is 0 Å². The molecule has 0 amide bonds. The van der Waals surface area contributed by atoms with Crippen molar-refractivity contribution in [2.75, 3.05) is 0 Å². The first kappa shape index (κ1) is 13.4. The third-order valence-corrected chi connectivity index (χ3v) is 8.36. The molecular weight excluding hydrogens is 240 g/mol. The second kappa shape index (κ2) is 3.93. The number of rotatable bonds is 0. The summed E-state index contributed by atoms with van der Waals surface area (Å²) >= 11 is 0. The highest BCUT2D eigenvalue weighted by Gasteiger charge is 2.62. The van der Waals surface area contributed by atoms with Crippen LogP contribution >= 0.6 is 0 Å². The summed E-state index contributed by atoms with van der Waals surface area (Å²) in [5.74, 6) is 2.87. The van der Waals surface area contributed by atoms with Crippen LogP contribution in [0.3, 0.4) is 0 Å². The van der Waals surface area contributed by atoms with Crippen molar-refractivity contribution in [2.24, 2.45) is 34.0 Å². The number of fused-ring (bicyclic) bond motifs is 3. The average molecular weight is 272 g/mol. The lowest BCUT2D eigenvalue weighted by molar-refractivity contribution is -0.144. The predicted octanol–water partition coefficient (Wildman–Crippen LogP) is 5.98. The zero-order chi connectivity index (χ0) is 14.2. The van der Waals surface area contributed by atoms with E-state index in [2.05, 4.69) is 27.4 Å². The van der Waals surface area contributed by atoms with Crippen LogP contribution < -0.4 is 0 Å². The van der Waals surface area contributed by atoms with Crippen LogP contribution in [-0.2, 0) is 0 Å². The van der Waals surface area contributed by atoms with Crippen molar-refractivity contribution in [3.63, 3.8) is 0 Å². The van der Waals surface area contributed by atoms with E-state index in [-0.39, 0.29) is 0 Å². The Hall–Kier alpha value is -0.260. The van der Waals surface area contributed by atoms with E-state index in [1.165, 1.54) is 57.8 Å². The van der Waals surface area contributed by atoms with Gasteiger partial charge in [-0.05, 0) is 85.4 Å². The van der Waals surface area contributed by atoms with E-state index in [1.54, 1.807) is 5.57 Å². The van der Waals surface area contributed by atoms with Gasteiger partial charge in [0.1, 0.15) is 0 Å². The lowest BCUT2D eigenvalue weighted by Crippen LogP contribution is -2.55. The highest BCUT2D eigenvalue weighted by Crippen LogP contribution is 2.72. The quantitative estimate of drug-likeness (QED) is 0.476. The van der Waals surface area contributed by atoms with Gasteiger partial charge in [-0.25, -0.2) is 0 Å². The summed E-state index contributed by atoms with van der Waals surface area (Å²) in [6.07, 6.45) is 13.3.